The first kappa shape index (κ1) is 26.0. The smallest absolute Gasteiger partial charge is 0.408 e. The van der Waals surface area contributed by atoms with Crippen molar-refractivity contribution >= 4 is 23.6 Å². The third-order valence-electron chi connectivity index (χ3n) is 5.92. The first-order valence-corrected chi connectivity index (χ1v) is 12.0. The van der Waals surface area contributed by atoms with E-state index in [-0.39, 0.29) is 31.1 Å². The van der Waals surface area contributed by atoms with Gasteiger partial charge in [-0.25, -0.2) is 14.8 Å². The van der Waals surface area contributed by atoms with Crippen LogP contribution in [0.5, 0.6) is 0 Å². The Labute approximate surface area is 205 Å². The van der Waals surface area contributed by atoms with Crippen LogP contribution >= 0.6 is 0 Å². The summed E-state index contributed by atoms with van der Waals surface area (Å²) in [4.78, 5) is 59.6. The summed E-state index contributed by atoms with van der Waals surface area (Å²) in [7, 11) is 0. The molecule has 2 unspecified atom stereocenters. The van der Waals surface area contributed by atoms with Crippen molar-refractivity contribution in [1.29, 1.82) is 0 Å². The van der Waals surface area contributed by atoms with Crippen LogP contribution in [-0.4, -0.2) is 46.1 Å². The Bertz CT molecular complexity index is 1040. The van der Waals surface area contributed by atoms with Crippen molar-refractivity contribution in [3.63, 3.8) is 0 Å². The van der Waals surface area contributed by atoms with Crippen LogP contribution in [0.25, 0.3) is 0 Å². The van der Waals surface area contributed by atoms with Gasteiger partial charge < -0.3 is 15.4 Å². The van der Waals surface area contributed by atoms with Gasteiger partial charge in [0.15, 0.2) is 5.78 Å². The fourth-order valence-electron chi connectivity index (χ4n) is 3.95. The summed E-state index contributed by atoms with van der Waals surface area (Å²) in [6.45, 7) is 4.01. The van der Waals surface area contributed by atoms with Gasteiger partial charge in [0, 0.05) is 37.2 Å². The van der Waals surface area contributed by atoms with Gasteiger partial charge in [0.25, 0.3) is 5.91 Å². The molecule has 0 radical (unpaired) electrons. The first-order chi connectivity index (χ1) is 16.8. The molecule has 0 spiro atoms. The SMILES string of the molecule is CC(C)C(NC(=O)OCc1ccccc1)C(=O)CC1CCc2ccnc(n2)CCCNC(=O)C1=O. The summed E-state index contributed by atoms with van der Waals surface area (Å²) in [6.07, 6.45) is 2.75. The normalized spacial score (nSPS) is 17.5. The molecule has 1 aliphatic heterocycles. The number of benzene rings is 1. The number of nitrogens with zero attached hydrogens (tertiary/aromatic N) is 2. The Balaban J connectivity index is 1.66. The molecule has 2 aromatic rings. The highest BCUT2D eigenvalue weighted by atomic mass is 16.5. The number of aromatic nitrogens is 2. The molecule has 1 aliphatic rings. The number of ketones is 2. The minimum Gasteiger partial charge on any atom is -0.445 e. The number of Topliss-reactive ketones (excluding diaryl/α,β-unsaturated/α-hetero) is 2. The third-order valence-corrected chi connectivity index (χ3v) is 5.92. The predicted octanol–water partition coefficient (Wildman–Crippen LogP) is 2.57. The van der Waals surface area contributed by atoms with Crippen LogP contribution in [0.15, 0.2) is 42.6 Å². The maximum absolute atomic E-state index is 13.2. The molecular weight excluding hydrogens is 448 g/mol. The topological polar surface area (TPSA) is 127 Å². The van der Waals surface area contributed by atoms with E-state index in [4.69, 9.17) is 4.74 Å². The van der Waals surface area contributed by atoms with Crippen LogP contribution in [0.4, 0.5) is 4.79 Å². The molecule has 1 aromatic heterocycles. The van der Waals surface area contributed by atoms with E-state index in [1.54, 1.807) is 26.1 Å². The minimum atomic E-state index is -0.846. The fraction of sp³-hybridized carbons (Fsp3) is 0.462. The molecule has 2 N–H and O–H groups in total. The highest BCUT2D eigenvalue weighted by molar-refractivity contribution is 6.37. The Morgan fingerprint density at radius 3 is 2.66 bits per heavy atom. The molecule has 2 bridgehead atoms. The zero-order valence-electron chi connectivity index (χ0n) is 20.2. The summed E-state index contributed by atoms with van der Waals surface area (Å²) in [5.74, 6) is -1.99. The van der Waals surface area contributed by atoms with Gasteiger partial charge in [-0.3, -0.25) is 14.4 Å². The average Bonchev–Trinajstić information content (AvgIpc) is 2.85. The Hall–Kier alpha value is -3.62. The Morgan fingerprint density at radius 2 is 1.91 bits per heavy atom. The van der Waals surface area contributed by atoms with Gasteiger partial charge in [-0.2, -0.15) is 0 Å². The number of carbonyl (C=O) groups is 4. The van der Waals surface area contributed by atoms with Crippen LogP contribution < -0.4 is 10.6 Å². The van der Waals surface area contributed by atoms with Gasteiger partial charge in [-0.1, -0.05) is 44.2 Å². The second kappa shape index (κ2) is 12.7. The van der Waals surface area contributed by atoms with Gasteiger partial charge in [0.05, 0.1) is 6.04 Å². The highest BCUT2D eigenvalue weighted by Gasteiger charge is 2.32. The molecule has 0 fully saturated rings. The van der Waals surface area contributed by atoms with Crippen molar-refractivity contribution in [3.05, 3.63) is 59.7 Å². The standard InChI is InChI=1S/C26H32N4O5/c1-17(2)23(30-26(34)35-16-18-7-4-3-5-8-18)21(31)15-19-10-11-20-12-14-27-22(29-20)9-6-13-28-25(33)24(19)32/h3-5,7-8,12,14,17,19,23H,6,9-11,13,15-16H2,1-2H3,(H,28,33)(H,30,34). The third kappa shape index (κ3) is 7.98. The van der Waals surface area contributed by atoms with Gasteiger partial charge in [-0.15, -0.1) is 0 Å². The van der Waals surface area contributed by atoms with Crippen molar-refractivity contribution in [1.82, 2.24) is 20.6 Å². The summed E-state index contributed by atoms with van der Waals surface area (Å²) in [5.41, 5.74) is 1.59. The molecule has 2 atom stereocenters. The molecule has 1 aromatic carbocycles. The van der Waals surface area contributed by atoms with E-state index in [2.05, 4.69) is 20.6 Å². The van der Waals surface area contributed by atoms with Gasteiger partial charge in [0.2, 0.25) is 5.78 Å². The second-order valence-corrected chi connectivity index (χ2v) is 9.02. The van der Waals surface area contributed by atoms with Crippen LogP contribution in [-0.2, 0) is 38.6 Å². The molecule has 9 heteroatoms. The molecule has 3 rings (SSSR count). The van der Waals surface area contributed by atoms with Crippen LogP contribution in [0.1, 0.15) is 50.2 Å². The number of hydrogen-bond acceptors (Lipinski definition) is 7. The lowest BCUT2D eigenvalue weighted by Crippen LogP contribution is -2.46. The maximum atomic E-state index is 13.2. The van der Waals surface area contributed by atoms with E-state index in [1.807, 2.05) is 30.3 Å². The molecular formula is C26H32N4O5. The number of nitrogens with one attached hydrogen (secondary N) is 2. The number of hydrogen-bond donors (Lipinski definition) is 2. The lowest BCUT2D eigenvalue weighted by Gasteiger charge is -2.23. The van der Waals surface area contributed by atoms with Gasteiger partial charge >= 0.3 is 6.09 Å². The van der Waals surface area contributed by atoms with Crippen molar-refractivity contribution in [3.8, 4) is 0 Å². The number of ether oxygens (including phenoxy) is 1. The van der Waals surface area contributed by atoms with Crippen molar-refractivity contribution < 1.29 is 23.9 Å². The zero-order valence-corrected chi connectivity index (χ0v) is 20.2. The second-order valence-electron chi connectivity index (χ2n) is 9.02. The van der Waals surface area contributed by atoms with E-state index >= 15 is 0 Å². The van der Waals surface area contributed by atoms with Gasteiger partial charge in [-0.05, 0) is 36.8 Å². The molecule has 2 heterocycles. The Kier molecular flexibility index (Phi) is 9.46. The molecule has 9 nitrogen and oxygen atoms in total. The fourth-order valence-corrected chi connectivity index (χ4v) is 3.95. The first-order valence-electron chi connectivity index (χ1n) is 12.0. The monoisotopic (exact) mass is 480 g/mol. The number of amides is 2. The molecule has 0 saturated heterocycles. The van der Waals surface area contributed by atoms with Crippen LogP contribution in [0.3, 0.4) is 0 Å². The van der Waals surface area contributed by atoms with Crippen LogP contribution in [0, 0.1) is 11.8 Å². The quantitative estimate of drug-likeness (QED) is 0.583. The van der Waals surface area contributed by atoms with E-state index in [0.29, 0.717) is 31.6 Å². The van der Waals surface area contributed by atoms with E-state index in [9.17, 15) is 19.2 Å². The summed E-state index contributed by atoms with van der Waals surface area (Å²) >= 11 is 0. The number of carbonyl (C=O) groups excluding carboxylic acids is 4. The van der Waals surface area contributed by atoms with Crippen molar-refractivity contribution in [2.75, 3.05) is 6.54 Å². The maximum Gasteiger partial charge on any atom is 0.408 e. The van der Waals surface area contributed by atoms with E-state index < -0.39 is 29.7 Å². The summed E-state index contributed by atoms with van der Waals surface area (Å²) < 4.78 is 5.26. The van der Waals surface area contributed by atoms with Gasteiger partial charge in [0.1, 0.15) is 12.4 Å². The molecule has 35 heavy (non-hydrogen) atoms. The van der Waals surface area contributed by atoms with Crippen molar-refractivity contribution in [2.45, 2.75) is 58.6 Å². The van der Waals surface area contributed by atoms with E-state index in [1.165, 1.54) is 0 Å². The molecule has 0 aliphatic carbocycles. The van der Waals surface area contributed by atoms with E-state index in [0.717, 1.165) is 11.3 Å². The van der Waals surface area contributed by atoms with Crippen molar-refractivity contribution in [2.24, 2.45) is 11.8 Å². The molecule has 2 amide bonds. The molecule has 186 valence electrons. The largest absolute Gasteiger partial charge is 0.445 e. The number of alkyl carbamates (subject to hydrolysis) is 1. The van der Waals surface area contributed by atoms with Crippen LogP contribution in [0.2, 0.25) is 0 Å². The minimum absolute atomic E-state index is 0.0773. The Morgan fingerprint density at radius 1 is 1.14 bits per heavy atom. The molecule has 0 saturated carbocycles. The lowest BCUT2D eigenvalue weighted by molar-refractivity contribution is -0.141. The number of aryl methyl sites for hydroxylation is 2. The summed E-state index contributed by atoms with van der Waals surface area (Å²) in [6, 6.07) is 10.1. The average molecular weight is 481 g/mol. The highest BCUT2D eigenvalue weighted by Crippen LogP contribution is 2.19. The number of rotatable bonds is 7. The summed E-state index contributed by atoms with van der Waals surface area (Å²) in [5, 5.41) is 5.27. The lowest BCUT2D eigenvalue weighted by atomic mass is 9.87. The number of fused-ring (bicyclic) bond motifs is 2. The zero-order chi connectivity index (χ0) is 25.2. The predicted molar refractivity (Wildman–Crippen MR) is 128 cm³/mol.